The number of rotatable bonds is 7. The van der Waals surface area contributed by atoms with Gasteiger partial charge < -0.3 is 20.1 Å². The standard InChI is InChI=1S/C25H24N4O5S/c1-33-16-5-6-20-19(12-16)18(8-10-26-20)24(31)27-9-2-3-17-13-29(25(32)34-17)15-4-7-22-21(11-15)28-23(30)14-35-22/h4-8,10-12,17H,2-3,9,13-14H2,1H3,(H,27,31)(H,28,30). The summed E-state index contributed by atoms with van der Waals surface area (Å²) in [4.78, 5) is 43.8. The summed E-state index contributed by atoms with van der Waals surface area (Å²) >= 11 is 1.47. The second kappa shape index (κ2) is 9.83. The third kappa shape index (κ3) is 4.88. The van der Waals surface area contributed by atoms with Crippen LogP contribution in [0.4, 0.5) is 16.2 Å². The highest BCUT2D eigenvalue weighted by molar-refractivity contribution is 8.00. The molecule has 1 aromatic heterocycles. The number of anilines is 2. The SMILES string of the molecule is COc1ccc2nccc(C(=O)NCCCC3CN(c4ccc5c(c4)NC(=O)CS5)C(=O)O3)c2c1. The molecule has 1 unspecified atom stereocenters. The van der Waals surface area contributed by atoms with Gasteiger partial charge in [0.05, 0.1) is 36.2 Å². The predicted molar refractivity (Wildman–Crippen MR) is 133 cm³/mol. The molecule has 3 aromatic rings. The Hall–Kier alpha value is -3.79. The van der Waals surface area contributed by atoms with Gasteiger partial charge in [-0.25, -0.2) is 4.79 Å². The van der Waals surface area contributed by atoms with Crippen LogP contribution < -0.4 is 20.3 Å². The maximum absolute atomic E-state index is 12.8. The summed E-state index contributed by atoms with van der Waals surface area (Å²) < 4.78 is 10.8. The van der Waals surface area contributed by atoms with E-state index in [9.17, 15) is 14.4 Å². The molecule has 2 N–H and O–H groups in total. The van der Waals surface area contributed by atoms with Crippen molar-refractivity contribution in [1.29, 1.82) is 0 Å². The lowest BCUT2D eigenvalue weighted by Gasteiger charge is -2.20. The van der Waals surface area contributed by atoms with Gasteiger partial charge in [0.1, 0.15) is 11.9 Å². The Morgan fingerprint density at radius 2 is 2.14 bits per heavy atom. The number of cyclic esters (lactones) is 1. The second-order valence-corrected chi connectivity index (χ2v) is 9.29. The largest absolute Gasteiger partial charge is 0.497 e. The minimum atomic E-state index is -0.411. The number of carbonyl (C=O) groups excluding carboxylic acids is 3. The molecule has 9 nitrogen and oxygen atoms in total. The lowest BCUT2D eigenvalue weighted by Crippen LogP contribution is -2.27. The van der Waals surface area contributed by atoms with Crippen LogP contribution in [-0.2, 0) is 9.53 Å². The van der Waals surface area contributed by atoms with Gasteiger partial charge in [-0.1, -0.05) is 0 Å². The van der Waals surface area contributed by atoms with Crippen molar-refractivity contribution < 1.29 is 23.9 Å². The molecule has 2 aliphatic heterocycles. The van der Waals surface area contributed by atoms with Crippen molar-refractivity contribution in [3.05, 3.63) is 54.2 Å². The number of amides is 3. The summed E-state index contributed by atoms with van der Waals surface area (Å²) in [6, 6.07) is 12.7. The molecule has 0 saturated carbocycles. The summed E-state index contributed by atoms with van der Waals surface area (Å²) in [5.74, 6) is 0.807. The number of ether oxygens (including phenoxy) is 2. The number of aromatic nitrogens is 1. The van der Waals surface area contributed by atoms with Crippen molar-refractivity contribution in [2.24, 2.45) is 0 Å². The molecule has 1 saturated heterocycles. The zero-order valence-corrected chi connectivity index (χ0v) is 19.9. The first-order valence-electron chi connectivity index (χ1n) is 11.3. The van der Waals surface area contributed by atoms with Gasteiger partial charge in [-0.05, 0) is 55.3 Å². The number of benzene rings is 2. The highest BCUT2D eigenvalue weighted by Crippen LogP contribution is 2.35. The van der Waals surface area contributed by atoms with Crippen molar-refractivity contribution in [2.45, 2.75) is 23.8 Å². The summed E-state index contributed by atoms with van der Waals surface area (Å²) in [5, 5.41) is 6.51. The zero-order chi connectivity index (χ0) is 24.4. The summed E-state index contributed by atoms with van der Waals surface area (Å²) in [6.45, 7) is 0.865. The van der Waals surface area contributed by atoms with Crippen LogP contribution in [0.5, 0.6) is 5.75 Å². The van der Waals surface area contributed by atoms with E-state index in [1.807, 2.05) is 24.3 Å². The number of carbonyl (C=O) groups is 3. The number of methoxy groups -OCH3 is 1. The van der Waals surface area contributed by atoms with Crippen LogP contribution >= 0.6 is 11.8 Å². The van der Waals surface area contributed by atoms with E-state index in [4.69, 9.17) is 9.47 Å². The topological polar surface area (TPSA) is 110 Å². The van der Waals surface area contributed by atoms with E-state index in [0.29, 0.717) is 54.4 Å². The van der Waals surface area contributed by atoms with Crippen molar-refractivity contribution in [3.8, 4) is 5.75 Å². The maximum atomic E-state index is 12.8. The minimum absolute atomic E-state index is 0.0533. The number of thioether (sulfide) groups is 1. The molecule has 3 amide bonds. The van der Waals surface area contributed by atoms with Gasteiger partial charge in [-0.3, -0.25) is 19.5 Å². The molecule has 180 valence electrons. The molecule has 10 heteroatoms. The highest BCUT2D eigenvalue weighted by atomic mass is 32.2. The molecule has 2 aromatic carbocycles. The lowest BCUT2D eigenvalue weighted by molar-refractivity contribution is -0.113. The van der Waals surface area contributed by atoms with Crippen LogP contribution in [0.1, 0.15) is 23.2 Å². The Morgan fingerprint density at radius 3 is 3.00 bits per heavy atom. The molecule has 0 aliphatic carbocycles. The predicted octanol–water partition coefficient (Wildman–Crippen LogP) is 3.82. The van der Waals surface area contributed by atoms with E-state index in [0.717, 1.165) is 15.8 Å². The molecule has 3 heterocycles. The average molecular weight is 493 g/mol. The molecular weight excluding hydrogens is 468 g/mol. The molecular formula is C25H24N4O5S. The van der Waals surface area contributed by atoms with E-state index >= 15 is 0 Å². The smallest absolute Gasteiger partial charge is 0.414 e. The number of hydrogen-bond donors (Lipinski definition) is 2. The van der Waals surface area contributed by atoms with Gasteiger partial charge in [-0.15, -0.1) is 11.8 Å². The second-order valence-electron chi connectivity index (χ2n) is 8.27. The van der Waals surface area contributed by atoms with Crippen molar-refractivity contribution in [3.63, 3.8) is 0 Å². The Labute approximate surface area is 206 Å². The van der Waals surface area contributed by atoms with Crippen LogP contribution in [0, 0.1) is 0 Å². The fourth-order valence-corrected chi connectivity index (χ4v) is 4.99. The lowest BCUT2D eigenvalue weighted by atomic mass is 10.1. The Kier molecular flexibility index (Phi) is 6.45. The number of hydrogen-bond acceptors (Lipinski definition) is 7. The fraction of sp³-hybridized carbons (Fsp3) is 0.280. The monoisotopic (exact) mass is 492 g/mol. The van der Waals surface area contributed by atoms with Gasteiger partial charge in [0.15, 0.2) is 0 Å². The number of nitrogens with one attached hydrogen (secondary N) is 2. The number of fused-ring (bicyclic) bond motifs is 2. The average Bonchev–Trinajstić information content (AvgIpc) is 3.25. The number of nitrogens with zero attached hydrogens (tertiary/aromatic N) is 2. The van der Waals surface area contributed by atoms with Gasteiger partial charge in [0.2, 0.25) is 5.91 Å². The van der Waals surface area contributed by atoms with Crippen LogP contribution in [-0.4, -0.2) is 54.9 Å². The quantitative estimate of drug-likeness (QED) is 0.483. The Balaban J connectivity index is 1.15. The molecule has 1 fully saturated rings. The van der Waals surface area contributed by atoms with Gasteiger partial charge >= 0.3 is 6.09 Å². The Bertz CT molecular complexity index is 1310. The van der Waals surface area contributed by atoms with Crippen molar-refractivity contribution in [2.75, 3.05) is 36.2 Å². The Morgan fingerprint density at radius 1 is 1.26 bits per heavy atom. The first-order valence-corrected chi connectivity index (χ1v) is 12.3. The van der Waals surface area contributed by atoms with E-state index in [1.54, 1.807) is 36.4 Å². The summed E-state index contributed by atoms with van der Waals surface area (Å²) in [6.07, 6.45) is 2.20. The van der Waals surface area contributed by atoms with Gasteiger partial charge in [0.25, 0.3) is 5.91 Å². The summed E-state index contributed by atoms with van der Waals surface area (Å²) in [7, 11) is 1.58. The molecule has 0 spiro atoms. The fourth-order valence-electron chi connectivity index (χ4n) is 4.20. The third-order valence-electron chi connectivity index (χ3n) is 5.96. The van der Waals surface area contributed by atoms with E-state index in [-0.39, 0.29) is 17.9 Å². The van der Waals surface area contributed by atoms with Crippen molar-refractivity contribution in [1.82, 2.24) is 10.3 Å². The highest BCUT2D eigenvalue weighted by Gasteiger charge is 2.32. The van der Waals surface area contributed by atoms with Gasteiger partial charge in [0, 0.05) is 28.7 Å². The van der Waals surface area contributed by atoms with Crippen molar-refractivity contribution >= 4 is 51.9 Å². The molecule has 1 atom stereocenters. The third-order valence-corrected chi connectivity index (χ3v) is 7.04. The van der Waals surface area contributed by atoms with E-state index in [2.05, 4.69) is 15.6 Å². The molecule has 5 rings (SSSR count). The molecule has 0 bridgehead atoms. The van der Waals surface area contributed by atoms with E-state index < -0.39 is 6.09 Å². The van der Waals surface area contributed by atoms with E-state index in [1.165, 1.54) is 11.8 Å². The molecule has 35 heavy (non-hydrogen) atoms. The van der Waals surface area contributed by atoms with Crippen LogP contribution in [0.15, 0.2) is 53.6 Å². The first kappa shape index (κ1) is 23.0. The first-order chi connectivity index (χ1) is 17.0. The van der Waals surface area contributed by atoms with Gasteiger partial charge in [-0.2, -0.15) is 0 Å². The van der Waals surface area contributed by atoms with Crippen LogP contribution in [0.2, 0.25) is 0 Å². The minimum Gasteiger partial charge on any atom is -0.497 e. The molecule has 0 radical (unpaired) electrons. The van der Waals surface area contributed by atoms with Crippen LogP contribution in [0.25, 0.3) is 10.9 Å². The van der Waals surface area contributed by atoms with Crippen LogP contribution in [0.3, 0.4) is 0 Å². The summed E-state index contributed by atoms with van der Waals surface area (Å²) in [5.41, 5.74) is 2.65. The number of pyridine rings is 1. The molecule has 2 aliphatic rings. The normalized spacial score (nSPS) is 17.1. The zero-order valence-electron chi connectivity index (χ0n) is 19.1. The maximum Gasteiger partial charge on any atom is 0.414 e.